The molecule has 238 valence electrons. The molecule has 0 bridgehead atoms. The lowest BCUT2D eigenvalue weighted by atomic mass is 9.80. The van der Waals surface area contributed by atoms with Crippen LogP contribution in [0.15, 0.2) is 31.2 Å². The Hall–Kier alpha value is -4.16. The van der Waals surface area contributed by atoms with Crippen LogP contribution in [0.5, 0.6) is 0 Å². The summed E-state index contributed by atoms with van der Waals surface area (Å²) in [6.07, 6.45) is 14.4. The molecule has 3 unspecified atom stereocenters. The maximum absolute atomic E-state index is 13.4. The second kappa shape index (κ2) is 16.1. The minimum Gasteiger partial charge on any atom is -0.346 e. The monoisotopic (exact) mass is 609 g/mol. The third-order valence-electron chi connectivity index (χ3n) is 8.83. The number of carbonyl (C=O) groups is 6. The van der Waals surface area contributed by atoms with E-state index in [-0.39, 0.29) is 30.6 Å². The summed E-state index contributed by atoms with van der Waals surface area (Å²) in [6, 6.07) is -2.65. The molecule has 5 amide bonds. The van der Waals surface area contributed by atoms with Crippen molar-refractivity contribution in [3.05, 3.63) is 36.9 Å². The smallest absolute Gasteiger partial charge is 0.289 e. The molecule has 2 aliphatic carbocycles. The molecule has 3 fully saturated rings. The number of amides is 5. The van der Waals surface area contributed by atoms with Crippen molar-refractivity contribution in [1.29, 1.82) is 0 Å². The van der Waals surface area contributed by atoms with Crippen molar-refractivity contribution in [2.75, 3.05) is 19.6 Å². The van der Waals surface area contributed by atoms with Gasteiger partial charge in [0.15, 0.2) is 0 Å². The van der Waals surface area contributed by atoms with E-state index in [2.05, 4.69) is 37.8 Å². The maximum atomic E-state index is 13.4. The van der Waals surface area contributed by atoms with Gasteiger partial charge in [-0.15, -0.1) is 6.58 Å². The molecule has 4 rings (SSSR count). The first-order chi connectivity index (χ1) is 21.3. The molecule has 1 aliphatic heterocycles. The number of Topliss-reactive ketones (excluding diaryl/α,β-unsaturated/α-hetero) is 1. The largest absolute Gasteiger partial charge is 0.346 e. The summed E-state index contributed by atoms with van der Waals surface area (Å²) in [6.45, 7) is 3.65. The number of nitrogens with zero attached hydrogens (tertiary/aromatic N) is 3. The third-order valence-corrected chi connectivity index (χ3v) is 8.83. The highest BCUT2D eigenvalue weighted by molar-refractivity contribution is 6.38. The van der Waals surface area contributed by atoms with Crippen LogP contribution in [0.3, 0.4) is 0 Å². The zero-order valence-electron chi connectivity index (χ0n) is 25.1. The molecule has 13 heteroatoms. The van der Waals surface area contributed by atoms with Gasteiger partial charge in [0, 0.05) is 25.5 Å². The van der Waals surface area contributed by atoms with Gasteiger partial charge in [0.05, 0.1) is 18.8 Å². The predicted octanol–water partition coefficient (Wildman–Crippen LogP) is 0.809. The highest BCUT2D eigenvalue weighted by Crippen LogP contribution is 2.31. The van der Waals surface area contributed by atoms with Gasteiger partial charge in [-0.05, 0) is 43.9 Å². The summed E-state index contributed by atoms with van der Waals surface area (Å²) in [5.41, 5.74) is 0.0930. The lowest BCUT2D eigenvalue weighted by Gasteiger charge is -2.31. The Kier molecular flexibility index (Phi) is 12.0. The molecule has 1 aromatic rings. The number of hydrogen-bond donors (Lipinski definition) is 4. The molecule has 4 N–H and O–H groups in total. The topological polar surface area (TPSA) is 180 Å². The van der Waals surface area contributed by atoms with E-state index in [0.717, 1.165) is 51.4 Å². The normalized spacial score (nSPS) is 20.0. The molecule has 1 saturated heterocycles. The van der Waals surface area contributed by atoms with Gasteiger partial charge in [0.2, 0.25) is 23.5 Å². The van der Waals surface area contributed by atoms with Crippen LogP contribution in [0.2, 0.25) is 0 Å². The molecular weight excluding hydrogens is 566 g/mol. The van der Waals surface area contributed by atoms with E-state index < -0.39 is 53.4 Å². The van der Waals surface area contributed by atoms with Gasteiger partial charge in [-0.2, -0.15) is 0 Å². The molecule has 2 heterocycles. The second-order valence-electron chi connectivity index (χ2n) is 11.9. The Balaban J connectivity index is 1.36. The molecule has 44 heavy (non-hydrogen) atoms. The van der Waals surface area contributed by atoms with Gasteiger partial charge < -0.3 is 26.2 Å². The van der Waals surface area contributed by atoms with Crippen LogP contribution >= 0.6 is 0 Å². The number of likely N-dealkylation sites (tertiary alicyclic amines) is 1. The highest BCUT2D eigenvalue weighted by atomic mass is 16.2. The average Bonchev–Trinajstić information content (AvgIpc) is 3.53. The van der Waals surface area contributed by atoms with E-state index in [1.165, 1.54) is 29.6 Å². The first kappa shape index (κ1) is 32.7. The SMILES string of the molecule is C=CCNC(=O)C(=O)C(CC1CCC1)NC(=O)C1CCCN1C(=O)CNC(=O)C(NC(=O)c1cnccn1)C1CCCCC1. The molecule has 2 saturated carbocycles. The highest BCUT2D eigenvalue weighted by Gasteiger charge is 2.38. The van der Waals surface area contributed by atoms with Crippen molar-refractivity contribution in [2.45, 2.75) is 88.8 Å². The third kappa shape index (κ3) is 8.70. The van der Waals surface area contributed by atoms with Crippen LogP contribution in [0, 0.1) is 11.8 Å². The van der Waals surface area contributed by atoms with Crippen LogP contribution in [0.25, 0.3) is 0 Å². The van der Waals surface area contributed by atoms with Gasteiger partial charge in [0.25, 0.3) is 11.8 Å². The fourth-order valence-electron chi connectivity index (χ4n) is 6.18. The van der Waals surface area contributed by atoms with E-state index in [0.29, 0.717) is 25.8 Å². The number of ketones is 1. The van der Waals surface area contributed by atoms with E-state index >= 15 is 0 Å². The lowest BCUT2D eigenvalue weighted by Crippen LogP contribution is -2.56. The van der Waals surface area contributed by atoms with E-state index in [1.54, 1.807) is 0 Å². The zero-order valence-corrected chi connectivity index (χ0v) is 25.1. The fraction of sp³-hybridized carbons (Fsp3) is 0.613. The standard InChI is InChI=1S/C31H43N7O6/c1-2-13-34-31(44)27(40)22(17-20-8-6-9-20)36-29(42)24-12-7-16-38(24)25(39)19-35-30(43)26(21-10-4-3-5-11-21)37-28(41)23-18-32-14-15-33-23/h2,14-15,18,20-22,24,26H,1,3-13,16-17,19H2,(H,34,44)(H,35,43)(H,36,42)(H,37,41). The summed E-state index contributed by atoms with van der Waals surface area (Å²) in [5.74, 6) is -3.26. The van der Waals surface area contributed by atoms with E-state index in [4.69, 9.17) is 0 Å². The quantitative estimate of drug-likeness (QED) is 0.177. The number of hydrogen-bond acceptors (Lipinski definition) is 8. The van der Waals surface area contributed by atoms with Crippen LogP contribution in [0.4, 0.5) is 0 Å². The van der Waals surface area contributed by atoms with E-state index in [1.807, 2.05) is 0 Å². The summed E-state index contributed by atoms with van der Waals surface area (Å²) in [7, 11) is 0. The van der Waals surface area contributed by atoms with Crippen LogP contribution in [-0.4, -0.2) is 87.9 Å². The van der Waals surface area contributed by atoms with Crippen molar-refractivity contribution in [1.82, 2.24) is 36.1 Å². The van der Waals surface area contributed by atoms with Crippen molar-refractivity contribution in [3.63, 3.8) is 0 Å². The minimum atomic E-state index is -0.982. The number of rotatable bonds is 14. The summed E-state index contributed by atoms with van der Waals surface area (Å²) in [4.78, 5) is 87.4. The fourth-order valence-corrected chi connectivity index (χ4v) is 6.18. The summed E-state index contributed by atoms with van der Waals surface area (Å²) in [5, 5.41) is 10.7. The number of nitrogens with one attached hydrogen (secondary N) is 4. The minimum absolute atomic E-state index is 0.0846. The van der Waals surface area contributed by atoms with Gasteiger partial charge in [-0.25, -0.2) is 4.98 Å². The number of aromatic nitrogens is 2. The summed E-state index contributed by atoms with van der Waals surface area (Å²) >= 11 is 0. The van der Waals surface area contributed by atoms with Gasteiger partial charge >= 0.3 is 0 Å². The van der Waals surface area contributed by atoms with Crippen LogP contribution in [-0.2, 0) is 24.0 Å². The molecule has 3 aliphatic rings. The van der Waals surface area contributed by atoms with Crippen molar-refractivity contribution >= 4 is 35.3 Å². The summed E-state index contributed by atoms with van der Waals surface area (Å²) < 4.78 is 0. The second-order valence-corrected chi connectivity index (χ2v) is 11.9. The average molecular weight is 610 g/mol. The number of carbonyl (C=O) groups excluding carboxylic acids is 6. The van der Waals surface area contributed by atoms with Gasteiger partial charge in [0.1, 0.15) is 17.8 Å². The van der Waals surface area contributed by atoms with Gasteiger partial charge in [-0.3, -0.25) is 33.8 Å². The molecule has 1 aromatic heterocycles. The van der Waals surface area contributed by atoms with Gasteiger partial charge in [-0.1, -0.05) is 44.6 Å². The Morgan fingerprint density at radius 2 is 1.70 bits per heavy atom. The molecule has 3 atom stereocenters. The lowest BCUT2D eigenvalue weighted by molar-refractivity contribution is -0.142. The molecule has 0 spiro atoms. The Morgan fingerprint density at radius 3 is 2.36 bits per heavy atom. The molecular formula is C31H43N7O6. The van der Waals surface area contributed by atoms with Crippen molar-refractivity contribution in [3.8, 4) is 0 Å². The predicted molar refractivity (Wildman–Crippen MR) is 160 cm³/mol. The van der Waals surface area contributed by atoms with E-state index in [9.17, 15) is 28.8 Å². The Morgan fingerprint density at radius 1 is 0.932 bits per heavy atom. The Labute approximate surface area is 257 Å². The van der Waals surface area contributed by atoms with Crippen molar-refractivity contribution < 1.29 is 28.8 Å². The molecule has 0 radical (unpaired) electrons. The van der Waals surface area contributed by atoms with Crippen LogP contribution in [0.1, 0.15) is 81.1 Å². The first-order valence-corrected chi connectivity index (χ1v) is 15.7. The molecule has 0 aromatic carbocycles. The first-order valence-electron chi connectivity index (χ1n) is 15.7. The van der Waals surface area contributed by atoms with Crippen molar-refractivity contribution in [2.24, 2.45) is 11.8 Å². The Bertz CT molecular complexity index is 1220. The molecule has 13 nitrogen and oxygen atoms in total. The zero-order chi connectivity index (χ0) is 31.5. The van der Waals surface area contributed by atoms with Crippen LogP contribution < -0.4 is 21.3 Å². The maximum Gasteiger partial charge on any atom is 0.289 e.